The molecule has 1 aliphatic heterocycles. The molecule has 0 spiro atoms. The number of hydrogen-bond acceptors (Lipinski definition) is 3. The molecule has 3 rings (SSSR count). The van der Waals surface area contributed by atoms with E-state index in [0.29, 0.717) is 23.7 Å². The van der Waals surface area contributed by atoms with Crippen molar-refractivity contribution in [3.05, 3.63) is 82.7 Å². The van der Waals surface area contributed by atoms with Gasteiger partial charge in [0.1, 0.15) is 0 Å². The van der Waals surface area contributed by atoms with Gasteiger partial charge >= 0.3 is 7.18 Å². The van der Waals surface area contributed by atoms with Crippen molar-refractivity contribution < 1.29 is 0 Å². The van der Waals surface area contributed by atoms with E-state index in [2.05, 4.69) is 136 Å². The summed E-state index contributed by atoms with van der Waals surface area (Å²) < 4.78 is 4.75. The lowest BCUT2D eigenvalue weighted by Crippen LogP contribution is -2.70. The van der Waals surface area contributed by atoms with Gasteiger partial charge < -0.3 is 14.5 Å². The summed E-state index contributed by atoms with van der Waals surface area (Å²) in [6, 6.07) is 13.4. The molecule has 0 bridgehead atoms. The van der Waals surface area contributed by atoms with E-state index in [1.54, 1.807) is 0 Å². The lowest BCUT2D eigenvalue weighted by Gasteiger charge is -2.50. The Morgan fingerprint density at radius 2 is 1.03 bits per heavy atom. The van der Waals surface area contributed by atoms with Gasteiger partial charge in [0.05, 0.1) is 0 Å². The SMILES string of the molecule is C=C1C=C(C)N(c2c(C(C)C)cccc2C(C)C)[Si@@](N)(Br)N1c1c(C(C)C)cccc1C(C)C. The molecule has 3 nitrogen and oxygen atoms in total. The molecule has 2 aromatic carbocycles. The van der Waals surface area contributed by atoms with Gasteiger partial charge in [0.15, 0.2) is 0 Å². The van der Waals surface area contributed by atoms with E-state index < -0.39 is 7.18 Å². The minimum absolute atomic E-state index is 0.369. The summed E-state index contributed by atoms with van der Waals surface area (Å²) in [4.78, 5) is 0. The lowest BCUT2D eigenvalue weighted by molar-refractivity contribution is 0.822. The third kappa shape index (κ3) is 4.67. The van der Waals surface area contributed by atoms with E-state index in [-0.39, 0.29) is 0 Å². The largest absolute Gasteiger partial charge is 0.429 e. The van der Waals surface area contributed by atoms with Crippen molar-refractivity contribution in [2.75, 3.05) is 9.13 Å². The quantitative estimate of drug-likeness (QED) is 0.294. The van der Waals surface area contributed by atoms with Crippen LogP contribution in [0.1, 0.15) is 108 Å². The zero-order chi connectivity index (χ0) is 25.5. The van der Waals surface area contributed by atoms with Crippen molar-refractivity contribution in [3.8, 4) is 0 Å². The summed E-state index contributed by atoms with van der Waals surface area (Å²) in [7, 11) is -2.95. The molecule has 5 heteroatoms. The van der Waals surface area contributed by atoms with Crippen LogP contribution in [-0.2, 0) is 0 Å². The molecule has 0 amide bonds. The Kier molecular flexibility index (Phi) is 7.91. The number of hydrogen-bond donors (Lipinski definition) is 1. The second kappa shape index (κ2) is 10.0. The molecule has 34 heavy (non-hydrogen) atoms. The van der Waals surface area contributed by atoms with Gasteiger partial charge in [0, 0.05) is 22.8 Å². The van der Waals surface area contributed by atoms with Gasteiger partial charge in [-0.2, -0.15) is 0 Å². The summed E-state index contributed by atoms with van der Waals surface area (Å²) in [5.41, 5.74) is 9.82. The molecule has 0 saturated heterocycles. The second-order valence-electron chi connectivity index (χ2n) is 10.8. The van der Waals surface area contributed by atoms with Crippen molar-refractivity contribution in [2.24, 2.45) is 5.40 Å². The second-order valence-corrected chi connectivity index (χ2v) is 16.4. The third-order valence-electron chi connectivity index (χ3n) is 6.77. The fraction of sp³-hybridized carbons (Fsp3) is 0.448. The molecule has 0 aromatic heterocycles. The van der Waals surface area contributed by atoms with Gasteiger partial charge in [0.2, 0.25) is 0 Å². The van der Waals surface area contributed by atoms with E-state index in [1.807, 2.05) is 0 Å². The highest BCUT2D eigenvalue weighted by Crippen LogP contribution is 2.47. The van der Waals surface area contributed by atoms with Crippen LogP contribution in [0, 0.1) is 0 Å². The van der Waals surface area contributed by atoms with Crippen LogP contribution >= 0.6 is 15.3 Å². The molecule has 0 aliphatic carbocycles. The number of benzene rings is 2. The zero-order valence-electron chi connectivity index (χ0n) is 22.4. The normalized spacial score (nSPS) is 19.1. The van der Waals surface area contributed by atoms with Crippen LogP contribution in [0.25, 0.3) is 0 Å². The van der Waals surface area contributed by atoms with Crippen LogP contribution in [0.5, 0.6) is 0 Å². The Balaban J connectivity index is 2.38. The maximum absolute atomic E-state index is 7.49. The Labute approximate surface area is 216 Å². The van der Waals surface area contributed by atoms with E-state index in [9.17, 15) is 0 Å². The Morgan fingerprint density at radius 1 is 0.706 bits per heavy atom. The zero-order valence-corrected chi connectivity index (χ0v) is 25.0. The smallest absolute Gasteiger partial charge is 0.333 e. The molecule has 1 aliphatic rings. The van der Waals surface area contributed by atoms with Crippen LogP contribution in [0.4, 0.5) is 11.4 Å². The van der Waals surface area contributed by atoms with Gasteiger partial charge in [-0.3, -0.25) is 0 Å². The van der Waals surface area contributed by atoms with E-state index in [1.165, 1.54) is 33.6 Å². The molecule has 0 saturated carbocycles. The number of nitrogens with two attached hydrogens (primary N) is 1. The number of nitrogens with zero attached hydrogens (tertiary/aromatic N) is 2. The van der Waals surface area contributed by atoms with Gasteiger partial charge in [-0.05, 0) is 58.9 Å². The Bertz CT molecular complexity index is 1050. The standard InChI is InChI=1S/C29H42BrN3Si/c1-18(2)24-13-11-14-25(19(3)4)28(24)32-22(9)17-23(10)33(34(32,30)31)29-26(20(5)6)15-12-16-27(29)21(7)8/h11-21H,9,31H2,1-8,10H3/t34-/m1/s1. The molecule has 2 N–H and O–H groups in total. The monoisotopic (exact) mass is 539 g/mol. The number of anilines is 2. The molecule has 1 heterocycles. The van der Waals surface area contributed by atoms with Crippen molar-refractivity contribution >= 4 is 33.8 Å². The Morgan fingerprint density at radius 3 is 1.35 bits per heavy atom. The van der Waals surface area contributed by atoms with Gasteiger partial charge in [0.25, 0.3) is 0 Å². The first kappa shape index (κ1) is 26.8. The summed E-state index contributed by atoms with van der Waals surface area (Å²) in [5.74, 6) is 1.50. The third-order valence-corrected chi connectivity index (χ3v) is 11.2. The summed E-state index contributed by atoms with van der Waals surface area (Å²) >= 11 is 4.18. The molecule has 2 aromatic rings. The summed E-state index contributed by atoms with van der Waals surface area (Å²) in [6.45, 7) is 24.8. The maximum Gasteiger partial charge on any atom is 0.429 e. The molecule has 0 unspecified atom stereocenters. The number of para-hydroxylation sites is 2. The van der Waals surface area contributed by atoms with Crippen LogP contribution in [0.3, 0.4) is 0 Å². The molecule has 1 atom stereocenters. The number of allylic oxidation sites excluding steroid dienone is 2. The topological polar surface area (TPSA) is 32.5 Å². The average molecular weight is 541 g/mol. The van der Waals surface area contributed by atoms with Crippen molar-refractivity contribution in [3.63, 3.8) is 0 Å². The van der Waals surface area contributed by atoms with Gasteiger partial charge in [-0.25, -0.2) is 0 Å². The number of rotatable bonds is 6. The number of halogens is 1. The maximum atomic E-state index is 7.49. The Hall–Kier alpha value is -1.82. The van der Waals surface area contributed by atoms with Crippen LogP contribution in [-0.4, -0.2) is 7.18 Å². The highest BCUT2D eigenvalue weighted by Gasteiger charge is 2.49. The van der Waals surface area contributed by atoms with Crippen molar-refractivity contribution in [1.82, 2.24) is 0 Å². The van der Waals surface area contributed by atoms with Crippen LogP contribution in [0.15, 0.2) is 60.4 Å². The fourth-order valence-corrected chi connectivity index (χ4v) is 10.0. The molecule has 184 valence electrons. The van der Waals surface area contributed by atoms with Crippen LogP contribution < -0.4 is 14.5 Å². The first-order valence-corrected chi connectivity index (χ1v) is 16.7. The van der Waals surface area contributed by atoms with Gasteiger partial charge in [-0.1, -0.05) is 114 Å². The van der Waals surface area contributed by atoms with E-state index in [4.69, 9.17) is 5.40 Å². The highest BCUT2D eigenvalue weighted by molar-refractivity contribution is 9.26. The predicted molar refractivity (Wildman–Crippen MR) is 156 cm³/mol. The fourth-order valence-electron chi connectivity index (χ4n) is 5.09. The van der Waals surface area contributed by atoms with Crippen LogP contribution in [0.2, 0.25) is 0 Å². The average Bonchev–Trinajstić information content (AvgIpc) is 2.72. The molecular formula is C29H42BrN3Si. The summed E-state index contributed by atoms with van der Waals surface area (Å²) in [5, 5.41) is 7.49. The van der Waals surface area contributed by atoms with E-state index >= 15 is 0 Å². The molecule has 0 fully saturated rings. The first-order valence-electron chi connectivity index (χ1n) is 12.5. The molecular weight excluding hydrogens is 498 g/mol. The highest BCUT2D eigenvalue weighted by atomic mass is 79.9. The first-order chi connectivity index (χ1) is 15.8. The molecule has 0 radical (unpaired) electrons. The van der Waals surface area contributed by atoms with Crippen molar-refractivity contribution in [1.29, 1.82) is 0 Å². The van der Waals surface area contributed by atoms with Gasteiger partial charge in [-0.15, -0.1) is 0 Å². The van der Waals surface area contributed by atoms with E-state index in [0.717, 1.165) is 11.4 Å². The predicted octanol–water partition coefficient (Wildman–Crippen LogP) is 8.71. The summed E-state index contributed by atoms with van der Waals surface area (Å²) in [6.07, 6.45) is 2.20. The van der Waals surface area contributed by atoms with Crippen molar-refractivity contribution in [2.45, 2.75) is 86.0 Å². The minimum atomic E-state index is -2.95. The minimum Gasteiger partial charge on any atom is -0.333 e. The lowest BCUT2D eigenvalue weighted by atomic mass is 9.92.